The lowest BCUT2D eigenvalue weighted by atomic mass is 10.3. The smallest absolute Gasteiger partial charge is 0.275 e. The van der Waals surface area contributed by atoms with Gasteiger partial charge in [0.15, 0.2) is 6.61 Å². The van der Waals surface area contributed by atoms with Gasteiger partial charge >= 0.3 is 0 Å². The van der Waals surface area contributed by atoms with E-state index < -0.39 is 5.91 Å². The number of nitrogens with two attached hydrogens (primary N) is 1. The molecule has 0 aliphatic rings. The Morgan fingerprint density at radius 2 is 2.07 bits per heavy atom. The quantitative estimate of drug-likeness (QED) is 0.533. The fourth-order valence-corrected chi connectivity index (χ4v) is 2.22. The van der Waals surface area contributed by atoms with Gasteiger partial charge in [0.25, 0.3) is 5.91 Å². The van der Waals surface area contributed by atoms with Crippen molar-refractivity contribution in [2.45, 2.75) is 6.54 Å². The summed E-state index contributed by atoms with van der Waals surface area (Å²) in [4.78, 5) is 28.6. The molecule has 9 nitrogen and oxygen atoms in total. The van der Waals surface area contributed by atoms with Gasteiger partial charge in [-0.25, -0.2) is 15.0 Å². The Hall–Kier alpha value is -4.19. The number of hydrogen-bond donors (Lipinski definition) is 3. The van der Waals surface area contributed by atoms with Crippen molar-refractivity contribution in [1.29, 1.82) is 0 Å². The molecule has 4 N–H and O–H groups in total. The highest BCUT2D eigenvalue weighted by molar-refractivity contribution is 6.02. The van der Waals surface area contributed by atoms with Crippen molar-refractivity contribution in [3.8, 4) is 18.2 Å². The number of nitrogen functional groups attached to an aromatic ring is 1. The molecule has 0 bridgehead atoms. The van der Waals surface area contributed by atoms with Crippen LogP contribution in [-0.4, -0.2) is 32.4 Å². The first kappa shape index (κ1) is 18.6. The molecule has 3 heterocycles. The van der Waals surface area contributed by atoms with Gasteiger partial charge in [0.1, 0.15) is 11.5 Å². The largest absolute Gasteiger partial charge is 0.463 e. The summed E-state index contributed by atoms with van der Waals surface area (Å²) in [7, 11) is 0. The minimum Gasteiger partial charge on any atom is -0.463 e. The SMILES string of the molecule is C#CCOc1cnc(C(=O)Nc2ccnc(CNc3cccnc3N)c2)cn1. The summed E-state index contributed by atoms with van der Waals surface area (Å²) < 4.78 is 5.13. The third-order valence-electron chi connectivity index (χ3n) is 3.54. The number of nitrogens with zero attached hydrogens (tertiary/aromatic N) is 4. The van der Waals surface area contributed by atoms with Gasteiger partial charge in [0.05, 0.1) is 30.3 Å². The van der Waals surface area contributed by atoms with E-state index in [4.69, 9.17) is 16.9 Å². The Morgan fingerprint density at radius 1 is 1.18 bits per heavy atom. The number of carbonyl (C=O) groups is 1. The summed E-state index contributed by atoms with van der Waals surface area (Å²) in [6.45, 7) is 0.499. The zero-order valence-electron chi connectivity index (χ0n) is 14.8. The Kier molecular flexibility index (Phi) is 5.95. The Bertz CT molecular complexity index is 1000. The number of pyridine rings is 2. The average molecular weight is 375 g/mol. The number of terminal acetylenes is 1. The minimum absolute atomic E-state index is 0.0821. The molecule has 0 saturated heterocycles. The lowest BCUT2D eigenvalue weighted by molar-refractivity contribution is 0.102. The Labute approximate surface area is 161 Å². The number of ether oxygens (including phenoxy) is 1. The van der Waals surface area contributed by atoms with Crippen LogP contribution in [0.15, 0.2) is 49.1 Å². The number of aromatic nitrogens is 4. The maximum atomic E-state index is 12.3. The van der Waals surface area contributed by atoms with Crippen molar-refractivity contribution >= 4 is 23.1 Å². The van der Waals surface area contributed by atoms with Crippen molar-refractivity contribution < 1.29 is 9.53 Å². The van der Waals surface area contributed by atoms with Crippen LogP contribution in [0.4, 0.5) is 17.2 Å². The summed E-state index contributed by atoms with van der Waals surface area (Å²) in [5, 5.41) is 5.90. The fourth-order valence-electron chi connectivity index (χ4n) is 2.22. The number of rotatable bonds is 7. The highest BCUT2D eigenvalue weighted by atomic mass is 16.5. The highest BCUT2D eigenvalue weighted by Gasteiger charge is 2.10. The predicted octanol–water partition coefficient (Wildman–Crippen LogP) is 1.73. The van der Waals surface area contributed by atoms with E-state index in [1.165, 1.54) is 12.4 Å². The molecule has 0 fully saturated rings. The molecular weight excluding hydrogens is 358 g/mol. The van der Waals surface area contributed by atoms with E-state index in [1.807, 2.05) is 6.07 Å². The summed E-state index contributed by atoms with van der Waals surface area (Å²) in [5.74, 6) is 2.57. The number of nitrogens with one attached hydrogen (secondary N) is 2. The Morgan fingerprint density at radius 3 is 2.82 bits per heavy atom. The molecule has 140 valence electrons. The molecule has 0 atom stereocenters. The van der Waals surface area contributed by atoms with E-state index in [1.54, 1.807) is 30.6 Å². The molecule has 3 aromatic rings. The fraction of sp³-hybridized carbons (Fsp3) is 0.105. The van der Waals surface area contributed by atoms with Crippen LogP contribution in [0.2, 0.25) is 0 Å². The van der Waals surface area contributed by atoms with E-state index in [0.717, 1.165) is 0 Å². The van der Waals surface area contributed by atoms with Crippen molar-refractivity contribution in [2.75, 3.05) is 23.0 Å². The standard InChI is InChI=1S/C19H17N7O2/c1-2-8-28-17-12-24-16(11-25-17)19(27)26-13-5-7-21-14(9-13)10-23-15-4-3-6-22-18(15)20/h1,3-7,9,11-12,23H,8,10H2,(H2,20,22)(H,21,26,27). The third-order valence-corrected chi connectivity index (χ3v) is 3.54. The lowest BCUT2D eigenvalue weighted by Gasteiger charge is -2.09. The predicted molar refractivity (Wildman–Crippen MR) is 105 cm³/mol. The van der Waals surface area contributed by atoms with Gasteiger partial charge in [-0.3, -0.25) is 9.78 Å². The summed E-state index contributed by atoms with van der Waals surface area (Å²) in [5.41, 5.74) is 7.94. The van der Waals surface area contributed by atoms with Crippen LogP contribution in [0, 0.1) is 12.3 Å². The van der Waals surface area contributed by atoms with Crippen LogP contribution in [0.25, 0.3) is 0 Å². The number of hydrogen-bond acceptors (Lipinski definition) is 8. The number of carbonyl (C=O) groups excluding carboxylic acids is 1. The van der Waals surface area contributed by atoms with Gasteiger partial charge in [0.2, 0.25) is 5.88 Å². The van der Waals surface area contributed by atoms with Crippen molar-refractivity contribution in [2.24, 2.45) is 0 Å². The van der Waals surface area contributed by atoms with Gasteiger partial charge in [0, 0.05) is 18.1 Å². The van der Waals surface area contributed by atoms with Gasteiger partial charge in [-0.15, -0.1) is 6.42 Å². The van der Waals surface area contributed by atoms with Crippen molar-refractivity contribution in [1.82, 2.24) is 19.9 Å². The van der Waals surface area contributed by atoms with E-state index >= 15 is 0 Å². The van der Waals surface area contributed by atoms with Crippen LogP contribution >= 0.6 is 0 Å². The van der Waals surface area contributed by atoms with Crippen LogP contribution in [-0.2, 0) is 6.54 Å². The second-order valence-corrected chi connectivity index (χ2v) is 5.51. The van der Waals surface area contributed by atoms with Gasteiger partial charge in [-0.1, -0.05) is 5.92 Å². The van der Waals surface area contributed by atoms with Crippen LogP contribution < -0.4 is 21.1 Å². The molecule has 28 heavy (non-hydrogen) atoms. The Balaban J connectivity index is 1.61. The molecule has 0 unspecified atom stereocenters. The second kappa shape index (κ2) is 8.95. The lowest BCUT2D eigenvalue weighted by Crippen LogP contribution is -2.15. The number of amides is 1. The summed E-state index contributed by atoms with van der Waals surface area (Å²) in [6.07, 6.45) is 11.0. The third kappa shape index (κ3) is 4.92. The molecule has 0 radical (unpaired) electrons. The average Bonchev–Trinajstić information content (AvgIpc) is 2.72. The molecule has 0 aromatic carbocycles. The molecular formula is C19H17N7O2. The van der Waals surface area contributed by atoms with E-state index in [-0.39, 0.29) is 18.2 Å². The van der Waals surface area contributed by atoms with Crippen molar-refractivity contribution in [3.05, 3.63) is 60.4 Å². The maximum Gasteiger partial charge on any atom is 0.275 e. The molecule has 3 rings (SSSR count). The zero-order valence-corrected chi connectivity index (χ0v) is 14.8. The van der Waals surface area contributed by atoms with Crippen LogP contribution in [0.5, 0.6) is 5.88 Å². The van der Waals surface area contributed by atoms with E-state index in [0.29, 0.717) is 29.4 Å². The first-order chi connectivity index (χ1) is 13.7. The normalized spacial score (nSPS) is 9.96. The molecule has 1 amide bonds. The van der Waals surface area contributed by atoms with Gasteiger partial charge in [-0.05, 0) is 24.3 Å². The molecule has 0 aliphatic carbocycles. The van der Waals surface area contributed by atoms with Gasteiger partial charge < -0.3 is 21.1 Å². The molecule has 3 aromatic heterocycles. The first-order valence-corrected chi connectivity index (χ1v) is 8.24. The molecule has 0 aliphatic heterocycles. The second-order valence-electron chi connectivity index (χ2n) is 5.51. The monoisotopic (exact) mass is 375 g/mol. The summed E-state index contributed by atoms with van der Waals surface area (Å²) >= 11 is 0. The zero-order chi connectivity index (χ0) is 19.8. The van der Waals surface area contributed by atoms with E-state index in [2.05, 4.69) is 36.5 Å². The first-order valence-electron chi connectivity index (χ1n) is 8.24. The van der Waals surface area contributed by atoms with Crippen LogP contribution in [0.3, 0.4) is 0 Å². The molecule has 0 spiro atoms. The maximum absolute atomic E-state index is 12.3. The number of anilines is 3. The summed E-state index contributed by atoms with van der Waals surface area (Å²) in [6, 6.07) is 7.03. The minimum atomic E-state index is -0.405. The molecule has 9 heteroatoms. The van der Waals surface area contributed by atoms with Gasteiger partial charge in [-0.2, -0.15) is 0 Å². The highest BCUT2D eigenvalue weighted by Crippen LogP contribution is 2.16. The molecule has 0 saturated carbocycles. The van der Waals surface area contributed by atoms with Crippen LogP contribution in [0.1, 0.15) is 16.2 Å². The van der Waals surface area contributed by atoms with Crippen molar-refractivity contribution in [3.63, 3.8) is 0 Å². The van der Waals surface area contributed by atoms with E-state index in [9.17, 15) is 4.79 Å². The topological polar surface area (TPSA) is 128 Å².